The third-order valence-electron chi connectivity index (χ3n) is 7.26. The van der Waals surface area contributed by atoms with Crippen LogP contribution in [0.25, 0.3) is 0 Å². The first kappa shape index (κ1) is 13.5. The molecule has 0 spiro atoms. The van der Waals surface area contributed by atoms with Crippen molar-refractivity contribution in [2.24, 2.45) is 28.6 Å². The van der Waals surface area contributed by atoms with Crippen molar-refractivity contribution in [2.75, 3.05) is 0 Å². The van der Waals surface area contributed by atoms with Gasteiger partial charge < -0.3 is 0 Å². The third kappa shape index (κ3) is 1.73. The van der Waals surface area contributed by atoms with Crippen molar-refractivity contribution < 1.29 is 4.79 Å². The molecule has 0 aromatic heterocycles. The van der Waals surface area contributed by atoms with Gasteiger partial charge in [-0.2, -0.15) is 0 Å². The highest BCUT2D eigenvalue weighted by atomic mass is 16.1. The SMILES string of the molecule is C=C1C[C@H]2[C@@H]3CC=C[C@@]3(C)CC[C@@H]2[C@@]2(C)CCC(=O)C=C12. The van der Waals surface area contributed by atoms with Gasteiger partial charge in [0.15, 0.2) is 5.78 Å². The lowest BCUT2D eigenvalue weighted by Crippen LogP contribution is -2.49. The molecule has 0 N–H and O–H groups in total. The summed E-state index contributed by atoms with van der Waals surface area (Å²) in [6.07, 6.45) is 13.6. The molecule has 4 aliphatic rings. The molecule has 0 aromatic carbocycles. The first-order chi connectivity index (χ1) is 9.94. The van der Waals surface area contributed by atoms with Gasteiger partial charge in [-0.1, -0.05) is 38.2 Å². The largest absolute Gasteiger partial charge is 0.295 e. The fraction of sp³-hybridized carbons (Fsp3) is 0.650. The molecule has 0 heterocycles. The summed E-state index contributed by atoms with van der Waals surface area (Å²) in [5.41, 5.74) is 3.18. The highest BCUT2D eigenvalue weighted by molar-refractivity contribution is 5.92. The van der Waals surface area contributed by atoms with Crippen LogP contribution in [0, 0.1) is 28.6 Å². The van der Waals surface area contributed by atoms with Gasteiger partial charge in [-0.15, -0.1) is 0 Å². The summed E-state index contributed by atoms with van der Waals surface area (Å²) in [4.78, 5) is 11.9. The Bertz CT molecular complexity index is 581. The average molecular weight is 282 g/mol. The summed E-state index contributed by atoms with van der Waals surface area (Å²) < 4.78 is 0. The lowest BCUT2D eigenvalue weighted by atomic mass is 9.47. The Balaban J connectivity index is 1.76. The molecule has 0 amide bonds. The molecular weight excluding hydrogens is 256 g/mol. The number of ketones is 1. The van der Waals surface area contributed by atoms with E-state index in [-0.39, 0.29) is 5.41 Å². The Morgan fingerprint density at radius 1 is 1.24 bits per heavy atom. The summed E-state index contributed by atoms with van der Waals surface area (Å²) >= 11 is 0. The number of rotatable bonds is 0. The molecule has 4 aliphatic carbocycles. The topological polar surface area (TPSA) is 17.1 Å². The molecule has 4 rings (SSSR count). The Kier molecular flexibility index (Phi) is 2.72. The molecule has 0 unspecified atom stereocenters. The Morgan fingerprint density at radius 3 is 2.86 bits per heavy atom. The second kappa shape index (κ2) is 4.21. The minimum atomic E-state index is 0.206. The van der Waals surface area contributed by atoms with Crippen LogP contribution in [0.15, 0.2) is 36.0 Å². The molecule has 2 fully saturated rings. The zero-order valence-electron chi connectivity index (χ0n) is 13.3. The van der Waals surface area contributed by atoms with Crippen LogP contribution in [0.5, 0.6) is 0 Å². The predicted octanol–water partition coefficient (Wildman–Crippen LogP) is 4.85. The van der Waals surface area contributed by atoms with E-state index in [1.807, 2.05) is 6.08 Å². The van der Waals surface area contributed by atoms with Crippen LogP contribution in [0.1, 0.15) is 52.4 Å². The molecule has 0 bridgehead atoms. The van der Waals surface area contributed by atoms with Gasteiger partial charge >= 0.3 is 0 Å². The second-order valence-electron chi connectivity index (χ2n) is 8.31. The molecule has 2 saturated carbocycles. The Labute approximate surface area is 128 Å². The van der Waals surface area contributed by atoms with E-state index in [1.165, 1.54) is 30.4 Å². The average Bonchev–Trinajstić information content (AvgIpc) is 2.83. The van der Waals surface area contributed by atoms with E-state index in [0.717, 1.165) is 37.0 Å². The summed E-state index contributed by atoms with van der Waals surface area (Å²) in [7, 11) is 0. The van der Waals surface area contributed by atoms with Gasteiger partial charge in [0.1, 0.15) is 0 Å². The van der Waals surface area contributed by atoms with Gasteiger partial charge in [-0.25, -0.2) is 0 Å². The number of hydrogen-bond donors (Lipinski definition) is 0. The number of fused-ring (bicyclic) bond motifs is 5. The van der Waals surface area contributed by atoms with Crippen LogP contribution in [-0.2, 0) is 4.79 Å². The van der Waals surface area contributed by atoms with Gasteiger partial charge in [0.2, 0.25) is 0 Å². The Hall–Kier alpha value is -1.11. The van der Waals surface area contributed by atoms with Crippen LogP contribution in [0.2, 0.25) is 0 Å². The maximum absolute atomic E-state index is 11.9. The molecular formula is C20H26O. The summed E-state index contributed by atoms with van der Waals surface area (Å²) in [6, 6.07) is 0. The molecule has 5 atom stereocenters. The van der Waals surface area contributed by atoms with Gasteiger partial charge in [0, 0.05) is 6.42 Å². The Morgan fingerprint density at radius 2 is 2.05 bits per heavy atom. The fourth-order valence-electron chi connectivity index (χ4n) is 6.05. The van der Waals surface area contributed by atoms with Crippen molar-refractivity contribution in [1.29, 1.82) is 0 Å². The summed E-state index contributed by atoms with van der Waals surface area (Å²) in [5, 5.41) is 0. The second-order valence-corrected chi connectivity index (χ2v) is 8.31. The normalized spacial score (nSPS) is 48.5. The van der Waals surface area contributed by atoms with Crippen molar-refractivity contribution in [1.82, 2.24) is 0 Å². The smallest absolute Gasteiger partial charge is 0.156 e. The first-order valence-electron chi connectivity index (χ1n) is 8.55. The van der Waals surface area contributed by atoms with Crippen molar-refractivity contribution >= 4 is 5.78 Å². The van der Waals surface area contributed by atoms with Crippen LogP contribution in [0.3, 0.4) is 0 Å². The molecule has 112 valence electrons. The van der Waals surface area contributed by atoms with Gasteiger partial charge in [0.25, 0.3) is 0 Å². The van der Waals surface area contributed by atoms with Crippen LogP contribution < -0.4 is 0 Å². The fourth-order valence-corrected chi connectivity index (χ4v) is 6.05. The predicted molar refractivity (Wildman–Crippen MR) is 85.8 cm³/mol. The zero-order chi connectivity index (χ0) is 14.8. The first-order valence-corrected chi connectivity index (χ1v) is 8.55. The molecule has 0 aliphatic heterocycles. The summed E-state index contributed by atoms with van der Waals surface area (Å²) in [5.74, 6) is 2.62. The van der Waals surface area contributed by atoms with Crippen molar-refractivity contribution in [3.05, 3.63) is 36.0 Å². The van der Waals surface area contributed by atoms with E-state index in [2.05, 4.69) is 32.6 Å². The molecule has 0 saturated heterocycles. The highest BCUT2D eigenvalue weighted by Gasteiger charge is 2.55. The molecule has 1 nitrogen and oxygen atoms in total. The van der Waals surface area contributed by atoms with Crippen LogP contribution >= 0.6 is 0 Å². The van der Waals surface area contributed by atoms with E-state index in [1.54, 1.807) is 0 Å². The quantitative estimate of drug-likeness (QED) is 0.580. The number of allylic oxidation sites excluding steroid dienone is 5. The van der Waals surface area contributed by atoms with Crippen LogP contribution in [-0.4, -0.2) is 5.78 Å². The lowest BCUT2D eigenvalue weighted by Gasteiger charge is -2.57. The van der Waals surface area contributed by atoms with Gasteiger partial charge in [-0.05, 0) is 72.3 Å². The minimum absolute atomic E-state index is 0.206. The summed E-state index contributed by atoms with van der Waals surface area (Å²) in [6.45, 7) is 9.24. The maximum atomic E-state index is 11.9. The van der Waals surface area contributed by atoms with Crippen molar-refractivity contribution in [2.45, 2.75) is 52.4 Å². The van der Waals surface area contributed by atoms with Crippen molar-refractivity contribution in [3.8, 4) is 0 Å². The number of hydrogen-bond acceptors (Lipinski definition) is 1. The lowest BCUT2D eigenvalue weighted by molar-refractivity contribution is -0.116. The number of carbonyl (C=O) groups excluding carboxylic acids is 1. The van der Waals surface area contributed by atoms with E-state index in [9.17, 15) is 4.79 Å². The van der Waals surface area contributed by atoms with E-state index in [4.69, 9.17) is 0 Å². The van der Waals surface area contributed by atoms with E-state index >= 15 is 0 Å². The molecule has 1 heteroatoms. The number of carbonyl (C=O) groups is 1. The highest BCUT2D eigenvalue weighted by Crippen LogP contribution is 2.64. The van der Waals surface area contributed by atoms with Crippen LogP contribution in [0.4, 0.5) is 0 Å². The van der Waals surface area contributed by atoms with E-state index in [0.29, 0.717) is 11.2 Å². The van der Waals surface area contributed by atoms with Gasteiger partial charge in [0.05, 0.1) is 0 Å². The molecule has 0 radical (unpaired) electrons. The maximum Gasteiger partial charge on any atom is 0.156 e. The molecule has 0 aromatic rings. The minimum Gasteiger partial charge on any atom is -0.295 e. The van der Waals surface area contributed by atoms with Gasteiger partial charge in [-0.3, -0.25) is 4.79 Å². The third-order valence-corrected chi connectivity index (χ3v) is 7.26. The monoisotopic (exact) mass is 282 g/mol. The van der Waals surface area contributed by atoms with E-state index < -0.39 is 0 Å². The standard InChI is InChI=1S/C20H26O/c1-13-11-15-16-5-4-8-19(16,2)9-7-17(15)20(3)10-6-14(21)12-18(13)20/h4,8,12,15-17H,1,5-7,9-11H2,2-3H3/t15-,16-,17-,19-,20+/m0/s1. The van der Waals surface area contributed by atoms with Crippen molar-refractivity contribution in [3.63, 3.8) is 0 Å². The molecule has 21 heavy (non-hydrogen) atoms. The zero-order valence-corrected chi connectivity index (χ0v) is 13.3.